The van der Waals surface area contributed by atoms with E-state index in [1.54, 1.807) is 12.1 Å². The Morgan fingerprint density at radius 2 is 1.59 bits per heavy atom. The number of carbonyl (C=O) groups excluding carboxylic acids is 1. The first-order valence-electron chi connectivity index (χ1n) is 11.4. The van der Waals surface area contributed by atoms with Crippen LogP contribution in [0.15, 0.2) is 79.0 Å². The van der Waals surface area contributed by atoms with Gasteiger partial charge in [-0.25, -0.2) is 4.39 Å². The van der Waals surface area contributed by atoms with Gasteiger partial charge >= 0.3 is 0 Å². The Labute approximate surface area is 187 Å². The van der Waals surface area contributed by atoms with Crippen LogP contribution in [0, 0.1) is 5.82 Å². The number of rotatable bonds is 5. The minimum absolute atomic E-state index is 0.110. The number of nitrogens with one attached hydrogen (secondary N) is 1. The van der Waals surface area contributed by atoms with E-state index in [4.69, 9.17) is 0 Å². The van der Waals surface area contributed by atoms with Gasteiger partial charge in [-0.3, -0.25) is 4.79 Å². The van der Waals surface area contributed by atoms with Gasteiger partial charge in [0.2, 0.25) is 0 Å². The number of hydrogen-bond donors (Lipinski definition) is 1. The highest BCUT2D eigenvalue weighted by molar-refractivity contribution is 6.06. The molecule has 0 radical (unpaired) electrons. The van der Waals surface area contributed by atoms with Crippen molar-refractivity contribution in [1.82, 2.24) is 9.88 Å². The molecule has 1 amide bonds. The van der Waals surface area contributed by atoms with Crippen LogP contribution < -0.4 is 5.32 Å². The van der Waals surface area contributed by atoms with Gasteiger partial charge in [0.25, 0.3) is 5.91 Å². The topological polar surface area (TPSA) is 34.0 Å². The van der Waals surface area contributed by atoms with E-state index in [0.29, 0.717) is 23.0 Å². The summed E-state index contributed by atoms with van der Waals surface area (Å²) in [6, 6.07) is 23.6. The highest BCUT2D eigenvalue weighted by atomic mass is 19.1. The molecule has 0 bridgehead atoms. The molecule has 1 saturated carbocycles. The molecule has 0 saturated heterocycles. The molecule has 4 heteroatoms. The summed E-state index contributed by atoms with van der Waals surface area (Å²) >= 11 is 0. The van der Waals surface area contributed by atoms with Crippen LogP contribution in [0.3, 0.4) is 0 Å². The Bertz CT molecular complexity index is 1220. The third kappa shape index (κ3) is 4.18. The molecule has 0 atom stereocenters. The van der Waals surface area contributed by atoms with Crippen LogP contribution in [0.1, 0.15) is 48.0 Å². The van der Waals surface area contributed by atoms with Crippen LogP contribution >= 0.6 is 0 Å². The standard InChI is InChI=1S/C28H27FN2O/c29-26-16-15-25(28(32)30-23-9-5-2-6-10-23)27-24(26)17-18-31(27)19-20-11-13-22(14-12-20)21-7-3-1-4-8-21/h1,3-4,7-8,11-18,23H,2,5-6,9-10,19H2,(H,30,32). The van der Waals surface area contributed by atoms with Crippen molar-refractivity contribution in [2.24, 2.45) is 0 Å². The molecule has 3 aromatic carbocycles. The average molecular weight is 427 g/mol. The van der Waals surface area contributed by atoms with Crippen molar-refractivity contribution in [3.05, 3.63) is 95.9 Å². The van der Waals surface area contributed by atoms with E-state index in [1.807, 2.05) is 29.0 Å². The van der Waals surface area contributed by atoms with Crippen molar-refractivity contribution in [1.29, 1.82) is 0 Å². The van der Waals surface area contributed by atoms with Gasteiger partial charge < -0.3 is 9.88 Å². The molecule has 3 nitrogen and oxygen atoms in total. The van der Waals surface area contributed by atoms with Crippen molar-refractivity contribution in [2.75, 3.05) is 0 Å². The number of nitrogens with zero attached hydrogens (tertiary/aromatic N) is 1. The third-order valence-corrected chi connectivity index (χ3v) is 6.47. The van der Waals surface area contributed by atoms with E-state index >= 15 is 0 Å². The number of amides is 1. The average Bonchev–Trinajstić information content (AvgIpc) is 3.25. The van der Waals surface area contributed by atoms with E-state index in [1.165, 1.54) is 18.1 Å². The van der Waals surface area contributed by atoms with E-state index < -0.39 is 0 Å². The van der Waals surface area contributed by atoms with Crippen LogP contribution in [0.25, 0.3) is 22.0 Å². The van der Waals surface area contributed by atoms with Crippen molar-refractivity contribution in [3.8, 4) is 11.1 Å². The second kappa shape index (κ2) is 8.99. The predicted molar refractivity (Wildman–Crippen MR) is 127 cm³/mol. The number of fused-ring (bicyclic) bond motifs is 1. The Balaban J connectivity index is 1.43. The fourth-order valence-corrected chi connectivity index (χ4v) is 4.75. The molecule has 1 fully saturated rings. The lowest BCUT2D eigenvalue weighted by atomic mass is 9.95. The van der Waals surface area contributed by atoms with Gasteiger partial charge in [0, 0.05) is 24.2 Å². The summed E-state index contributed by atoms with van der Waals surface area (Å²) in [5, 5.41) is 3.67. The fourth-order valence-electron chi connectivity index (χ4n) is 4.75. The number of carbonyl (C=O) groups is 1. The lowest BCUT2D eigenvalue weighted by molar-refractivity contribution is 0.0929. The molecule has 4 aromatic rings. The van der Waals surface area contributed by atoms with Gasteiger partial charge in [0.15, 0.2) is 0 Å². The van der Waals surface area contributed by atoms with Crippen LogP contribution in [0.5, 0.6) is 0 Å². The fraction of sp³-hybridized carbons (Fsp3) is 0.250. The largest absolute Gasteiger partial charge is 0.349 e. The first-order valence-corrected chi connectivity index (χ1v) is 11.4. The first kappa shape index (κ1) is 20.5. The molecule has 1 aromatic heterocycles. The summed E-state index contributed by atoms with van der Waals surface area (Å²) in [5.41, 5.74) is 4.63. The van der Waals surface area contributed by atoms with Crippen LogP contribution in [0.2, 0.25) is 0 Å². The lowest BCUT2D eigenvalue weighted by Crippen LogP contribution is -2.36. The zero-order chi connectivity index (χ0) is 21.9. The van der Waals surface area contributed by atoms with Gasteiger partial charge in [-0.1, -0.05) is 73.9 Å². The molecular weight excluding hydrogens is 399 g/mol. The molecule has 0 spiro atoms. The Morgan fingerprint density at radius 3 is 2.34 bits per heavy atom. The van der Waals surface area contributed by atoms with Gasteiger partial charge in [-0.2, -0.15) is 0 Å². The first-order chi connectivity index (χ1) is 15.7. The summed E-state index contributed by atoms with van der Waals surface area (Å²) in [6.07, 6.45) is 7.45. The molecule has 5 rings (SSSR count). The molecule has 1 aliphatic carbocycles. The zero-order valence-electron chi connectivity index (χ0n) is 18.1. The van der Waals surface area contributed by atoms with Gasteiger partial charge in [0.1, 0.15) is 5.82 Å². The summed E-state index contributed by atoms with van der Waals surface area (Å²) in [7, 11) is 0. The van der Waals surface area contributed by atoms with E-state index in [0.717, 1.165) is 36.8 Å². The summed E-state index contributed by atoms with van der Waals surface area (Å²) in [5.74, 6) is -0.409. The minimum Gasteiger partial charge on any atom is -0.349 e. The summed E-state index contributed by atoms with van der Waals surface area (Å²) < 4.78 is 16.5. The van der Waals surface area contributed by atoms with Crippen molar-refractivity contribution < 1.29 is 9.18 Å². The number of benzene rings is 3. The van der Waals surface area contributed by atoms with Gasteiger partial charge in [0.05, 0.1) is 11.1 Å². The maximum atomic E-state index is 14.5. The second-order valence-electron chi connectivity index (χ2n) is 8.67. The molecular formula is C28H27FN2O. The number of aromatic nitrogens is 1. The van der Waals surface area contributed by atoms with Gasteiger partial charge in [-0.05, 0) is 47.7 Å². The SMILES string of the molecule is O=C(NC1CCCCC1)c1ccc(F)c2ccn(Cc3ccc(-c4ccccc4)cc3)c12. The summed E-state index contributed by atoms with van der Waals surface area (Å²) in [4.78, 5) is 13.1. The van der Waals surface area contributed by atoms with Crippen molar-refractivity contribution in [2.45, 2.75) is 44.7 Å². The highest BCUT2D eigenvalue weighted by Crippen LogP contribution is 2.26. The normalized spacial score (nSPS) is 14.5. The molecule has 162 valence electrons. The maximum Gasteiger partial charge on any atom is 0.253 e. The molecule has 0 aliphatic heterocycles. The van der Waals surface area contributed by atoms with Crippen LogP contribution in [-0.2, 0) is 6.54 Å². The Morgan fingerprint density at radius 1 is 0.875 bits per heavy atom. The van der Waals surface area contributed by atoms with Crippen LogP contribution in [-0.4, -0.2) is 16.5 Å². The predicted octanol–water partition coefficient (Wildman–Crippen LogP) is 6.56. The van der Waals surface area contributed by atoms with E-state index in [2.05, 4.69) is 41.7 Å². The minimum atomic E-state index is -0.299. The van der Waals surface area contributed by atoms with Crippen molar-refractivity contribution >= 4 is 16.8 Å². The lowest BCUT2D eigenvalue weighted by Gasteiger charge is -2.23. The molecule has 32 heavy (non-hydrogen) atoms. The van der Waals surface area contributed by atoms with Gasteiger partial charge in [-0.15, -0.1) is 0 Å². The monoisotopic (exact) mass is 426 g/mol. The van der Waals surface area contributed by atoms with Crippen LogP contribution in [0.4, 0.5) is 4.39 Å². The maximum absolute atomic E-state index is 14.5. The zero-order valence-corrected chi connectivity index (χ0v) is 18.1. The number of hydrogen-bond acceptors (Lipinski definition) is 1. The highest BCUT2D eigenvalue weighted by Gasteiger charge is 2.20. The third-order valence-electron chi connectivity index (χ3n) is 6.47. The van der Waals surface area contributed by atoms with Crippen molar-refractivity contribution in [3.63, 3.8) is 0 Å². The molecule has 1 N–H and O–H groups in total. The quantitative estimate of drug-likeness (QED) is 0.385. The molecule has 1 heterocycles. The molecule has 1 aliphatic rings. The second-order valence-corrected chi connectivity index (χ2v) is 8.67. The smallest absolute Gasteiger partial charge is 0.253 e. The van der Waals surface area contributed by atoms with E-state index in [9.17, 15) is 9.18 Å². The summed E-state index contributed by atoms with van der Waals surface area (Å²) in [6.45, 7) is 0.575. The van der Waals surface area contributed by atoms with E-state index in [-0.39, 0.29) is 17.8 Å². The molecule has 0 unspecified atom stereocenters. The Hall–Kier alpha value is -3.40. The Kier molecular flexibility index (Phi) is 5.76. The number of halogens is 1.